The molecule has 2 aliphatic rings. The Labute approximate surface area is 217 Å². The normalized spacial score (nSPS) is 21.9. The van der Waals surface area contributed by atoms with Crippen LogP contribution in [0.1, 0.15) is 62.1 Å². The van der Waals surface area contributed by atoms with Crippen LogP contribution in [-0.2, 0) is 18.8 Å². The summed E-state index contributed by atoms with van der Waals surface area (Å²) in [7, 11) is 0. The molecule has 1 aromatic rings. The van der Waals surface area contributed by atoms with E-state index in [1.54, 1.807) is 6.08 Å². The van der Waals surface area contributed by atoms with Gasteiger partial charge in [0.05, 0.1) is 16.8 Å². The number of halogens is 6. The minimum absolute atomic E-state index is 0.00458. The van der Waals surface area contributed by atoms with Crippen molar-refractivity contribution in [3.8, 4) is 12.3 Å². The first kappa shape index (κ1) is 28.8. The van der Waals surface area contributed by atoms with Gasteiger partial charge in [-0.25, -0.2) is 4.99 Å². The van der Waals surface area contributed by atoms with Gasteiger partial charge >= 0.3 is 17.6 Å². The van der Waals surface area contributed by atoms with Gasteiger partial charge in [-0.1, -0.05) is 36.8 Å². The average molecular weight is 540 g/mol. The van der Waals surface area contributed by atoms with Crippen molar-refractivity contribution in [3.63, 3.8) is 0 Å². The zero-order chi connectivity index (χ0) is 27.2. The average Bonchev–Trinajstić information content (AvgIpc) is 3.18. The SMILES string of the molecule is C#CCC/C=C/C1=NC(=O)S/C1=C\C[C@@H]1CC(CCc2ccc(C(F)(F)F)cc2C(F)(F)F)=CC[C@@H]1C. The van der Waals surface area contributed by atoms with E-state index in [2.05, 4.69) is 17.8 Å². The summed E-state index contributed by atoms with van der Waals surface area (Å²) in [5.41, 5.74) is -1.09. The maximum absolute atomic E-state index is 13.5. The largest absolute Gasteiger partial charge is 0.416 e. The van der Waals surface area contributed by atoms with Crippen LogP contribution in [-0.4, -0.2) is 11.0 Å². The molecule has 3 rings (SSSR count). The van der Waals surface area contributed by atoms with Gasteiger partial charge < -0.3 is 0 Å². The number of amides is 1. The molecule has 1 aromatic carbocycles. The molecule has 1 amide bonds. The van der Waals surface area contributed by atoms with Crippen molar-refractivity contribution >= 4 is 22.7 Å². The van der Waals surface area contributed by atoms with Crippen LogP contribution >= 0.6 is 11.8 Å². The highest BCUT2D eigenvalue weighted by molar-refractivity contribution is 8.18. The van der Waals surface area contributed by atoms with Crippen molar-refractivity contribution in [1.82, 2.24) is 0 Å². The molecule has 1 heterocycles. The Hall–Kier alpha value is -2.73. The summed E-state index contributed by atoms with van der Waals surface area (Å²) in [5.74, 6) is 3.11. The molecule has 0 spiro atoms. The number of hydrogen-bond acceptors (Lipinski definition) is 2. The second-order valence-corrected chi connectivity index (χ2v) is 10.2. The lowest BCUT2D eigenvalue weighted by Gasteiger charge is -2.28. The van der Waals surface area contributed by atoms with Gasteiger partial charge in [-0.15, -0.1) is 12.3 Å². The van der Waals surface area contributed by atoms with Crippen LogP contribution in [0, 0.1) is 24.2 Å². The van der Waals surface area contributed by atoms with Crippen molar-refractivity contribution < 1.29 is 31.1 Å². The monoisotopic (exact) mass is 539 g/mol. The van der Waals surface area contributed by atoms with E-state index in [1.807, 2.05) is 18.2 Å². The van der Waals surface area contributed by atoms with Crippen LogP contribution in [0.3, 0.4) is 0 Å². The Bertz CT molecular complexity index is 1170. The molecule has 0 unspecified atom stereocenters. The number of nitrogens with zero attached hydrogens (tertiary/aromatic N) is 1. The molecular weight excluding hydrogens is 512 g/mol. The van der Waals surface area contributed by atoms with E-state index < -0.39 is 23.5 Å². The molecular formula is C28H27F6NOS. The number of thioether (sulfide) groups is 1. The van der Waals surface area contributed by atoms with Gasteiger partial charge in [-0.05, 0) is 85.9 Å². The van der Waals surface area contributed by atoms with Gasteiger partial charge in [0.2, 0.25) is 0 Å². The van der Waals surface area contributed by atoms with Gasteiger partial charge in [0.1, 0.15) is 0 Å². The van der Waals surface area contributed by atoms with Gasteiger partial charge in [-0.2, -0.15) is 26.3 Å². The molecule has 0 saturated heterocycles. The zero-order valence-electron chi connectivity index (χ0n) is 20.3. The Balaban J connectivity index is 1.66. The van der Waals surface area contributed by atoms with Crippen molar-refractivity contribution in [2.24, 2.45) is 16.8 Å². The van der Waals surface area contributed by atoms with Crippen LogP contribution in [0.4, 0.5) is 31.1 Å². The molecule has 1 aliphatic carbocycles. The lowest BCUT2D eigenvalue weighted by molar-refractivity contribution is -0.143. The lowest BCUT2D eigenvalue weighted by atomic mass is 9.77. The molecule has 1 aliphatic heterocycles. The fourth-order valence-corrected chi connectivity index (χ4v) is 5.15. The fourth-order valence-electron chi connectivity index (χ4n) is 4.42. The Morgan fingerprint density at radius 3 is 2.59 bits per heavy atom. The molecule has 198 valence electrons. The molecule has 2 nitrogen and oxygen atoms in total. The number of aliphatic imine (C=N–C) groups is 1. The smallest absolute Gasteiger partial charge is 0.259 e. The standard InChI is InChI=1S/C28H27F6NOS/c1-3-4-5-6-7-24-25(37-26(36)35-24)15-13-21-16-19(9-8-18(21)2)10-11-20-12-14-22(27(29,30)31)17-23(20)28(32,33)34/h1,6-7,9,12,14-15,17-18,21H,4-5,8,10-11,13,16H2,2H3/b7-6+,25-15-/t18-,21+/m0/s1. The molecule has 0 aromatic heterocycles. The van der Waals surface area contributed by atoms with Crippen molar-refractivity contribution in [1.29, 1.82) is 0 Å². The Kier molecular flexibility index (Phi) is 9.51. The lowest BCUT2D eigenvalue weighted by Crippen LogP contribution is -2.17. The van der Waals surface area contributed by atoms with E-state index in [9.17, 15) is 31.1 Å². The molecule has 9 heteroatoms. The second-order valence-electron chi connectivity index (χ2n) is 9.22. The van der Waals surface area contributed by atoms with Crippen LogP contribution < -0.4 is 0 Å². The Morgan fingerprint density at radius 1 is 1.16 bits per heavy atom. The second kappa shape index (κ2) is 12.2. The maximum Gasteiger partial charge on any atom is 0.416 e. The van der Waals surface area contributed by atoms with E-state index in [-0.39, 0.29) is 29.2 Å². The molecule has 0 fully saturated rings. The Morgan fingerprint density at radius 2 is 1.92 bits per heavy atom. The minimum Gasteiger partial charge on any atom is -0.259 e. The highest BCUT2D eigenvalue weighted by Gasteiger charge is 2.38. The summed E-state index contributed by atoms with van der Waals surface area (Å²) in [6.45, 7) is 2.11. The van der Waals surface area contributed by atoms with Gasteiger partial charge in [0.15, 0.2) is 0 Å². The number of rotatable bonds is 8. The highest BCUT2D eigenvalue weighted by Crippen LogP contribution is 2.40. The van der Waals surface area contributed by atoms with Crippen LogP contribution in [0.25, 0.3) is 0 Å². The van der Waals surface area contributed by atoms with Crippen LogP contribution in [0.15, 0.2) is 58.0 Å². The zero-order valence-corrected chi connectivity index (χ0v) is 21.1. The summed E-state index contributed by atoms with van der Waals surface area (Å²) in [6, 6.07) is 1.84. The molecule has 0 radical (unpaired) electrons. The van der Waals surface area contributed by atoms with Crippen LogP contribution in [0.2, 0.25) is 0 Å². The molecule has 37 heavy (non-hydrogen) atoms. The predicted octanol–water partition coefficient (Wildman–Crippen LogP) is 9.18. The molecule has 0 saturated carbocycles. The first-order chi connectivity index (χ1) is 17.4. The van der Waals surface area contributed by atoms with E-state index >= 15 is 0 Å². The van der Waals surface area contributed by atoms with Crippen molar-refractivity contribution in [2.75, 3.05) is 0 Å². The van der Waals surface area contributed by atoms with E-state index in [1.165, 1.54) is 0 Å². The number of terminal acetylenes is 1. The van der Waals surface area contributed by atoms with E-state index in [0.717, 1.165) is 34.7 Å². The number of benzene rings is 1. The van der Waals surface area contributed by atoms with Gasteiger partial charge in [-0.3, -0.25) is 4.79 Å². The van der Waals surface area contributed by atoms with Gasteiger partial charge in [0, 0.05) is 11.3 Å². The van der Waals surface area contributed by atoms with Crippen molar-refractivity contribution in [2.45, 2.75) is 64.2 Å². The number of alkyl halides is 6. The predicted molar refractivity (Wildman–Crippen MR) is 135 cm³/mol. The number of allylic oxidation sites excluding steroid dienone is 6. The summed E-state index contributed by atoms with van der Waals surface area (Å²) in [5, 5.41) is -0.280. The first-order valence-electron chi connectivity index (χ1n) is 11.9. The number of unbranched alkanes of at least 4 members (excludes halogenated alkanes) is 1. The summed E-state index contributed by atoms with van der Waals surface area (Å²) < 4.78 is 79.3. The van der Waals surface area contributed by atoms with E-state index in [4.69, 9.17) is 6.42 Å². The summed E-state index contributed by atoms with van der Waals surface area (Å²) in [4.78, 5) is 16.7. The fraction of sp³-hybridized carbons (Fsp3) is 0.429. The summed E-state index contributed by atoms with van der Waals surface area (Å²) in [6.07, 6.45) is 6.97. The highest BCUT2D eigenvalue weighted by atomic mass is 32.2. The summed E-state index contributed by atoms with van der Waals surface area (Å²) >= 11 is 1.07. The molecule has 0 bridgehead atoms. The first-order valence-corrected chi connectivity index (χ1v) is 12.8. The third-order valence-corrected chi connectivity index (χ3v) is 7.43. The number of carbonyl (C=O) groups is 1. The molecule has 0 N–H and O–H groups in total. The maximum atomic E-state index is 13.5. The third kappa shape index (κ3) is 8.13. The third-order valence-electron chi connectivity index (χ3n) is 6.56. The van der Waals surface area contributed by atoms with Crippen LogP contribution in [0.5, 0.6) is 0 Å². The number of carbonyl (C=O) groups excluding carboxylic acids is 1. The number of aryl methyl sites for hydroxylation is 1. The van der Waals surface area contributed by atoms with Gasteiger partial charge in [0.25, 0.3) is 0 Å². The minimum atomic E-state index is -4.87. The quantitative estimate of drug-likeness (QED) is 0.143. The van der Waals surface area contributed by atoms with E-state index in [0.29, 0.717) is 49.8 Å². The number of hydrogen-bond donors (Lipinski definition) is 0. The van der Waals surface area contributed by atoms with Crippen molar-refractivity contribution in [3.05, 3.63) is 69.7 Å². The molecule has 2 atom stereocenters. The topological polar surface area (TPSA) is 29.4 Å².